The number of rotatable bonds is 24. The number of hydrogen-bond donors (Lipinski definition) is 13. The van der Waals surface area contributed by atoms with Crippen LogP contribution in [0.3, 0.4) is 0 Å². The molecule has 1 aliphatic heterocycles. The molecule has 0 radical (unpaired) electrons. The summed E-state index contributed by atoms with van der Waals surface area (Å²) >= 11 is 0. The van der Waals surface area contributed by atoms with Crippen LogP contribution < -0.4 is 59.9 Å². The Morgan fingerprint density at radius 2 is 1.43 bits per heavy atom. The van der Waals surface area contributed by atoms with Gasteiger partial charge < -0.3 is 69.4 Å². The van der Waals surface area contributed by atoms with Crippen LogP contribution in [0.4, 0.5) is 4.79 Å². The van der Waals surface area contributed by atoms with E-state index in [-0.39, 0.29) is 69.1 Å². The number of benzene rings is 1. The topological polar surface area (TPSA) is 416 Å². The lowest BCUT2D eigenvalue weighted by molar-refractivity contribution is -0.142. The molecule has 0 aromatic heterocycles. The van der Waals surface area contributed by atoms with Crippen LogP contribution in [-0.2, 0) is 59.1 Å². The van der Waals surface area contributed by atoms with Crippen molar-refractivity contribution in [3.05, 3.63) is 35.9 Å². The summed E-state index contributed by atoms with van der Waals surface area (Å²) in [5.74, 6) is -8.76. The molecule has 2 rings (SSSR count). The van der Waals surface area contributed by atoms with Crippen molar-refractivity contribution >= 4 is 86.9 Å². The third-order valence-electron chi connectivity index (χ3n) is 9.09. The van der Waals surface area contributed by atoms with Gasteiger partial charge in [0, 0.05) is 31.0 Å². The molecule has 1 heterocycles. The van der Waals surface area contributed by atoms with Gasteiger partial charge in [0.05, 0.1) is 19.0 Å². The first-order chi connectivity index (χ1) is 32.0. The van der Waals surface area contributed by atoms with Crippen molar-refractivity contribution in [1.82, 2.24) is 42.7 Å². The molecular weight excluding hydrogens is 937 g/mol. The molecular formula is C40H62N12O14S2. The number of aliphatic carboxylic acids is 2. The lowest BCUT2D eigenvalue weighted by Gasteiger charge is -2.26. The number of hydrogen-bond acceptors (Lipinski definition) is 16. The minimum Gasteiger partial charge on any atom is -0.481 e. The molecule has 1 aromatic carbocycles. The fourth-order valence-electron chi connectivity index (χ4n) is 5.84. The van der Waals surface area contributed by atoms with E-state index < -0.39 is 121 Å². The highest BCUT2D eigenvalue weighted by Gasteiger charge is 2.33. The second-order valence-electron chi connectivity index (χ2n) is 16.1. The Bertz CT molecular complexity index is 1940. The Hall–Kier alpha value is -6.39. The summed E-state index contributed by atoms with van der Waals surface area (Å²) < 4.78 is 4.97. The highest BCUT2D eigenvalue weighted by Crippen LogP contribution is 2.23. The summed E-state index contributed by atoms with van der Waals surface area (Å²) in [6.45, 7) is 3.66. The first-order valence-corrected chi connectivity index (χ1v) is 23.7. The van der Waals surface area contributed by atoms with Crippen molar-refractivity contribution in [3.63, 3.8) is 0 Å². The molecule has 68 heavy (non-hydrogen) atoms. The molecule has 28 heteroatoms. The van der Waals surface area contributed by atoms with Gasteiger partial charge >= 0.3 is 18.0 Å². The zero-order valence-electron chi connectivity index (χ0n) is 37.8. The van der Waals surface area contributed by atoms with Gasteiger partial charge in [-0.25, -0.2) is 9.59 Å². The van der Waals surface area contributed by atoms with Gasteiger partial charge in [-0.1, -0.05) is 51.9 Å². The number of carboxylic acids is 2. The standard InChI is InChI=1S/C40H62N12O14S2/c1-40(2,3)66-39(64)52-65-19-30(54)48-28(37(62)63)21-68-67-20-23(41)32(57)44-14-8-7-12-25-34(59)49-24(13-9-15-45-38(42)43)33(58)46-18-29(53)47-27(17-31(55)56)36(61)51-26(35(60)50-25)16-22-10-5-4-6-11-22/h4-6,10-11,23-28H,7-9,12-21,41H2,1-3H3,(H,44,57)(H,46,58)(H,47,53)(H,48,54)(H,49,59)(H,50,60)(H,51,61)(H,52,64)(H,55,56)(H,62,63)(H4,42,43,45)/t23-,24-,25-,26-,27-,28-/m0/s1. The van der Waals surface area contributed by atoms with E-state index in [0.717, 1.165) is 21.6 Å². The van der Waals surface area contributed by atoms with Crippen molar-refractivity contribution in [3.8, 4) is 0 Å². The number of carboxylic acid groups (broad SMARTS) is 2. The van der Waals surface area contributed by atoms with Gasteiger partial charge in [0.2, 0.25) is 41.4 Å². The lowest BCUT2D eigenvalue weighted by atomic mass is 10.0. The number of ether oxygens (including phenoxy) is 1. The zero-order valence-corrected chi connectivity index (χ0v) is 39.5. The Morgan fingerprint density at radius 1 is 0.824 bits per heavy atom. The second-order valence-corrected chi connectivity index (χ2v) is 18.6. The molecule has 1 aromatic rings. The van der Waals surface area contributed by atoms with Gasteiger partial charge in [0.15, 0.2) is 12.6 Å². The van der Waals surface area contributed by atoms with Crippen LogP contribution in [0.5, 0.6) is 0 Å². The SMILES string of the molecule is CC(C)(C)OC(=O)NOCC(=O)N[C@@H](CSSC[C@H](N)C(=O)NCCCC[C@@H]1NC(=O)[C@H](Cc2ccccc2)NC(=O)[C@H](CC(=O)O)NC(=O)CNC(=O)[C@H](CCCN=C(N)N)NC1=O)C(=O)O. The Labute approximate surface area is 399 Å². The molecule has 1 aliphatic rings. The maximum atomic E-state index is 14.0. The van der Waals surface area contributed by atoms with Crippen LogP contribution in [-0.4, -0.2) is 155 Å². The van der Waals surface area contributed by atoms with Gasteiger partial charge in [-0.05, 0) is 58.4 Å². The molecule has 8 amide bonds. The summed E-state index contributed by atoms with van der Waals surface area (Å²) in [6.07, 6.45) is -1.25. The van der Waals surface area contributed by atoms with E-state index in [1.54, 1.807) is 51.1 Å². The summed E-state index contributed by atoms with van der Waals surface area (Å²) in [5.41, 5.74) is 18.6. The monoisotopic (exact) mass is 998 g/mol. The number of carbonyl (C=O) groups excluding carboxylic acids is 8. The lowest BCUT2D eigenvalue weighted by Crippen LogP contribution is -2.58. The maximum absolute atomic E-state index is 14.0. The van der Waals surface area contributed by atoms with Crippen LogP contribution in [0.2, 0.25) is 0 Å². The maximum Gasteiger partial charge on any atom is 0.431 e. The number of amides is 8. The van der Waals surface area contributed by atoms with Crippen molar-refractivity contribution in [1.29, 1.82) is 0 Å². The van der Waals surface area contributed by atoms with E-state index in [9.17, 15) is 58.2 Å². The fraction of sp³-hybridized carbons (Fsp3) is 0.575. The second kappa shape index (κ2) is 30.1. The predicted octanol–water partition coefficient (Wildman–Crippen LogP) is -3.15. The third-order valence-corrected chi connectivity index (χ3v) is 11.5. The molecule has 0 spiro atoms. The number of nitrogens with zero attached hydrogens (tertiary/aromatic N) is 1. The van der Waals surface area contributed by atoms with E-state index in [2.05, 4.69) is 42.2 Å². The predicted molar refractivity (Wildman–Crippen MR) is 248 cm³/mol. The molecule has 6 atom stereocenters. The van der Waals surface area contributed by atoms with Crippen LogP contribution in [0.1, 0.15) is 64.9 Å². The van der Waals surface area contributed by atoms with Gasteiger partial charge in [-0.15, -0.1) is 0 Å². The van der Waals surface area contributed by atoms with Crippen molar-refractivity contribution in [2.45, 2.75) is 108 Å². The molecule has 378 valence electrons. The molecule has 16 N–H and O–H groups in total. The number of nitrogens with one attached hydrogen (secondary N) is 8. The zero-order chi connectivity index (χ0) is 50.8. The molecule has 0 aliphatic carbocycles. The van der Waals surface area contributed by atoms with E-state index in [0.29, 0.717) is 5.56 Å². The smallest absolute Gasteiger partial charge is 0.431 e. The molecule has 0 saturated carbocycles. The summed E-state index contributed by atoms with van der Waals surface area (Å²) in [7, 11) is 2.12. The average Bonchev–Trinajstić information content (AvgIpc) is 3.25. The Morgan fingerprint density at radius 3 is 2.06 bits per heavy atom. The number of aliphatic imine (C=N–C) groups is 1. The minimum absolute atomic E-state index is 0.0131. The average molecular weight is 999 g/mol. The van der Waals surface area contributed by atoms with Crippen molar-refractivity contribution in [2.75, 3.05) is 37.7 Å². The first-order valence-electron chi connectivity index (χ1n) is 21.2. The molecule has 1 saturated heterocycles. The summed E-state index contributed by atoms with van der Waals surface area (Å²) in [6, 6.07) is 0.546. The molecule has 0 bridgehead atoms. The minimum atomic E-state index is -1.65. The molecule has 1 fully saturated rings. The summed E-state index contributed by atoms with van der Waals surface area (Å²) in [5, 5.41) is 36.4. The summed E-state index contributed by atoms with van der Waals surface area (Å²) in [4.78, 5) is 136. The fourth-order valence-corrected chi connectivity index (χ4v) is 8.11. The molecule has 0 unspecified atom stereocenters. The van der Waals surface area contributed by atoms with Gasteiger partial charge in [-0.3, -0.25) is 48.2 Å². The first kappa shape index (κ1) is 57.7. The normalized spacial score (nSPS) is 19.1. The van der Waals surface area contributed by atoms with Gasteiger partial charge in [0.25, 0.3) is 0 Å². The van der Waals surface area contributed by atoms with E-state index >= 15 is 0 Å². The Kier molecular flexibility index (Phi) is 25.5. The number of hydroxylamine groups is 1. The van der Waals surface area contributed by atoms with E-state index in [1.165, 1.54) is 0 Å². The van der Waals surface area contributed by atoms with E-state index in [4.69, 9.17) is 26.8 Å². The number of carbonyl (C=O) groups is 10. The number of unbranched alkanes of at least 4 members (excludes halogenated alkanes) is 1. The van der Waals surface area contributed by atoms with Crippen LogP contribution in [0.15, 0.2) is 35.3 Å². The van der Waals surface area contributed by atoms with Crippen LogP contribution in [0, 0.1) is 0 Å². The van der Waals surface area contributed by atoms with Crippen LogP contribution >= 0.6 is 21.6 Å². The van der Waals surface area contributed by atoms with Crippen molar-refractivity contribution < 1.29 is 67.7 Å². The van der Waals surface area contributed by atoms with Gasteiger partial charge in [-0.2, -0.15) is 5.48 Å². The van der Waals surface area contributed by atoms with E-state index in [1.807, 2.05) is 5.48 Å². The number of guanidine groups is 1. The van der Waals surface area contributed by atoms with Gasteiger partial charge in [0.1, 0.15) is 35.8 Å². The van der Waals surface area contributed by atoms with Crippen LogP contribution in [0.25, 0.3) is 0 Å². The van der Waals surface area contributed by atoms with Crippen molar-refractivity contribution in [2.24, 2.45) is 22.2 Å². The third kappa shape index (κ3) is 24.4. The quantitative estimate of drug-likeness (QED) is 0.0160. The highest BCUT2D eigenvalue weighted by molar-refractivity contribution is 8.76. The number of nitrogens with two attached hydrogens (primary N) is 3. The largest absolute Gasteiger partial charge is 0.481 e. The molecule has 26 nitrogen and oxygen atoms in total. The Balaban J connectivity index is 2.10. The highest BCUT2D eigenvalue weighted by atomic mass is 33.1.